The minimum Gasteiger partial charge on any atom is -0.497 e. The summed E-state index contributed by atoms with van der Waals surface area (Å²) < 4.78 is 44.8. The van der Waals surface area contributed by atoms with Crippen LogP contribution in [0.2, 0.25) is 0 Å². The van der Waals surface area contributed by atoms with Crippen molar-refractivity contribution in [1.82, 2.24) is 5.32 Å². The summed E-state index contributed by atoms with van der Waals surface area (Å²) in [5, 5.41) is 2.76. The monoisotopic (exact) mass is 482 g/mol. The SMILES string of the molecule is COc1cccc(N(CC(=O)NC[C@@H]2COc3ccccc3O2)S(=O)(=O)c2ccc(C)cc2)c1. The molecule has 1 N–H and O–H groups in total. The van der Waals surface area contributed by atoms with Crippen molar-refractivity contribution in [2.45, 2.75) is 17.9 Å². The van der Waals surface area contributed by atoms with Crippen molar-refractivity contribution in [3.63, 3.8) is 0 Å². The number of carbonyl (C=O) groups is 1. The third kappa shape index (κ3) is 5.26. The Morgan fingerprint density at radius 1 is 1.06 bits per heavy atom. The lowest BCUT2D eigenvalue weighted by Crippen LogP contribution is -2.45. The zero-order valence-electron chi connectivity index (χ0n) is 18.9. The maximum absolute atomic E-state index is 13.5. The average molecular weight is 483 g/mol. The van der Waals surface area contributed by atoms with Crippen LogP contribution in [0.3, 0.4) is 0 Å². The first kappa shape index (κ1) is 23.4. The summed E-state index contributed by atoms with van der Waals surface area (Å²) in [4.78, 5) is 12.9. The number of carbonyl (C=O) groups excluding carboxylic acids is 1. The Bertz CT molecular complexity index is 1260. The number of methoxy groups -OCH3 is 1. The first-order chi connectivity index (χ1) is 16.4. The molecule has 0 aromatic heterocycles. The highest BCUT2D eigenvalue weighted by molar-refractivity contribution is 7.92. The first-order valence-corrected chi connectivity index (χ1v) is 12.2. The van der Waals surface area contributed by atoms with Crippen LogP contribution in [0.5, 0.6) is 17.2 Å². The smallest absolute Gasteiger partial charge is 0.264 e. The topological polar surface area (TPSA) is 94.2 Å². The zero-order valence-corrected chi connectivity index (χ0v) is 19.7. The number of anilines is 1. The van der Waals surface area contributed by atoms with Gasteiger partial charge in [-0.1, -0.05) is 35.9 Å². The fraction of sp³-hybridized carbons (Fsp3) is 0.240. The summed E-state index contributed by atoms with van der Waals surface area (Å²) in [6, 6.07) is 20.4. The fourth-order valence-electron chi connectivity index (χ4n) is 3.50. The molecule has 0 bridgehead atoms. The Balaban J connectivity index is 1.51. The molecular weight excluding hydrogens is 456 g/mol. The van der Waals surface area contributed by atoms with E-state index in [-0.39, 0.29) is 18.0 Å². The normalized spacial score (nSPS) is 14.8. The second-order valence-corrected chi connectivity index (χ2v) is 9.69. The van der Waals surface area contributed by atoms with Gasteiger partial charge in [0.1, 0.15) is 25.0 Å². The molecule has 0 saturated heterocycles. The molecule has 0 saturated carbocycles. The summed E-state index contributed by atoms with van der Waals surface area (Å²) in [6.07, 6.45) is -0.391. The summed E-state index contributed by atoms with van der Waals surface area (Å²) in [7, 11) is -2.52. The van der Waals surface area contributed by atoms with Crippen molar-refractivity contribution in [3.8, 4) is 17.2 Å². The van der Waals surface area contributed by atoms with Crippen LogP contribution in [0.1, 0.15) is 5.56 Å². The number of hydrogen-bond donors (Lipinski definition) is 1. The van der Waals surface area contributed by atoms with Crippen LogP contribution in [0.4, 0.5) is 5.69 Å². The van der Waals surface area contributed by atoms with Crippen LogP contribution in [-0.2, 0) is 14.8 Å². The Morgan fingerprint density at radius 2 is 1.79 bits per heavy atom. The van der Waals surface area contributed by atoms with Gasteiger partial charge in [-0.25, -0.2) is 8.42 Å². The van der Waals surface area contributed by atoms with Crippen molar-refractivity contribution in [2.75, 3.05) is 31.1 Å². The van der Waals surface area contributed by atoms with Gasteiger partial charge in [-0.05, 0) is 43.3 Å². The molecule has 34 heavy (non-hydrogen) atoms. The molecular formula is C25H26N2O6S. The summed E-state index contributed by atoms with van der Waals surface area (Å²) in [5.74, 6) is 1.26. The van der Waals surface area contributed by atoms with Crippen LogP contribution in [0.15, 0.2) is 77.7 Å². The largest absolute Gasteiger partial charge is 0.497 e. The van der Waals surface area contributed by atoms with E-state index in [2.05, 4.69) is 5.32 Å². The Labute approximate surface area is 199 Å². The lowest BCUT2D eigenvalue weighted by Gasteiger charge is -2.27. The third-order valence-electron chi connectivity index (χ3n) is 5.33. The van der Waals surface area contributed by atoms with E-state index >= 15 is 0 Å². The Hall–Kier alpha value is -3.72. The summed E-state index contributed by atoms with van der Waals surface area (Å²) in [5.41, 5.74) is 1.25. The number of fused-ring (bicyclic) bond motifs is 1. The molecule has 0 aliphatic carbocycles. The molecule has 9 heteroatoms. The van der Waals surface area contributed by atoms with Gasteiger partial charge in [-0.15, -0.1) is 0 Å². The maximum atomic E-state index is 13.5. The highest BCUT2D eigenvalue weighted by Crippen LogP contribution is 2.31. The second kappa shape index (κ2) is 10.0. The van der Waals surface area contributed by atoms with Crippen LogP contribution in [0.25, 0.3) is 0 Å². The predicted molar refractivity (Wildman–Crippen MR) is 128 cm³/mol. The molecule has 1 atom stereocenters. The number of aryl methyl sites for hydroxylation is 1. The Kier molecular flexibility index (Phi) is 6.93. The molecule has 0 unspecified atom stereocenters. The lowest BCUT2D eigenvalue weighted by molar-refractivity contribution is -0.120. The van der Waals surface area contributed by atoms with Crippen LogP contribution in [0, 0.1) is 6.92 Å². The molecule has 1 amide bonds. The van der Waals surface area contributed by atoms with Gasteiger partial charge in [0, 0.05) is 6.07 Å². The lowest BCUT2D eigenvalue weighted by atomic mass is 10.2. The molecule has 8 nitrogen and oxygen atoms in total. The number of amides is 1. The van der Waals surface area contributed by atoms with E-state index in [1.165, 1.54) is 19.2 Å². The molecule has 3 aromatic carbocycles. The predicted octanol–water partition coefficient (Wildman–Crippen LogP) is 3.16. The van der Waals surface area contributed by atoms with Crippen molar-refractivity contribution in [3.05, 3.63) is 78.4 Å². The number of sulfonamides is 1. The summed E-state index contributed by atoms with van der Waals surface area (Å²) >= 11 is 0. The van der Waals surface area contributed by atoms with Gasteiger partial charge in [-0.2, -0.15) is 0 Å². The van der Waals surface area contributed by atoms with Crippen molar-refractivity contribution >= 4 is 21.6 Å². The highest BCUT2D eigenvalue weighted by atomic mass is 32.2. The minimum atomic E-state index is -4.01. The van der Waals surface area contributed by atoms with E-state index in [1.807, 2.05) is 25.1 Å². The van der Waals surface area contributed by atoms with Gasteiger partial charge >= 0.3 is 0 Å². The van der Waals surface area contributed by atoms with E-state index < -0.39 is 28.6 Å². The summed E-state index contributed by atoms with van der Waals surface area (Å²) in [6.45, 7) is 1.91. The molecule has 0 spiro atoms. The van der Waals surface area contributed by atoms with Crippen LogP contribution in [-0.4, -0.2) is 47.2 Å². The van der Waals surface area contributed by atoms with Crippen LogP contribution < -0.4 is 23.8 Å². The number of rotatable bonds is 8. The number of nitrogens with zero attached hydrogens (tertiary/aromatic N) is 1. The minimum absolute atomic E-state index is 0.0920. The fourth-order valence-corrected chi connectivity index (χ4v) is 4.91. The van der Waals surface area contributed by atoms with E-state index in [0.717, 1.165) is 9.87 Å². The van der Waals surface area contributed by atoms with Gasteiger partial charge < -0.3 is 19.5 Å². The quantitative estimate of drug-likeness (QED) is 0.530. The third-order valence-corrected chi connectivity index (χ3v) is 7.12. The first-order valence-electron chi connectivity index (χ1n) is 10.8. The molecule has 178 valence electrons. The van der Waals surface area contributed by atoms with Gasteiger partial charge in [0.25, 0.3) is 10.0 Å². The Morgan fingerprint density at radius 3 is 2.53 bits per heavy atom. The number of hydrogen-bond acceptors (Lipinski definition) is 6. The van der Waals surface area contributed by atoms with Gasteiger partial charge in [0.05, 0.1) is 24.2 Å². The second-order valence-electron chi connectivity index (χ2n) is 7.83. The highest BCUT2D eigenvalue weighted by Gasteiger charge is 2.28. The molecule has 0 radical (unpaired) electrons. The van der Waals surface area contributed by atoms with E-state index in [4.69, 9.17) is 14.2 Å². The number of benzene rings is 3. The standard InChI is InChI=1S/C25H26N2O6S/c1-18-10-12-22(13-11-18)34(29,30)27(19-6-5-7-20(14-19)31-2)16-25(28)26-15-21-17-32-23-8-3-4-9-24(23)33-21/h3-14,21H,15-17H2,1-2H3,(H,26,28)/t21-/m1/s1. The van der Waals surface area contributed by atoms with Crippen LogP contribution >= 0.6 is 0 Å². The molecule has 1 aliphatic rings. The van der Waals surface area contributed by atoms with Crippen molar-refractivity contribution < 1.29 is 27.4 Å². The molecule has 4 rings (SSSR count). The zero-order chi connectivity index (χ0) is 24.1. The van der Waals surface area contributed by atoms with Crippen molar-refractivity contribution in [2.24, 2.45) is 0 Å². The molecule has 1 heterocycles. The van der Waals surface area contributed by atoms with Gasteiger partial charge in [0.2, 0.25) is 5.91 Å². The number of nitrogens with one attached hydrogen (secondary N) is 1. The van der Waals surface area contributed by atoms with E-state index in [9.17, 15) is 13.2 Å². The number of ether oxygens (including phenoxy) is 3. The maximum Gasteiger partial charge on any atom is 0.264 e. The van der Waals surface area contributed by atoms with Gasteiger partial charge in [0.15, 0.2) is 11.5 Å². The van der Waals surface area contributed by atoms with Crippen molar-refractivity contribution in [1.29, 1.82) is 0 Å². The van der Waals surface area contributed by atoms with E-state index in [0.29, 0.717) is 22.9 Å². The number of para-hydroxylation sites is 2. The van der Waals surface area contributed by atoms with Gasteiger partial charge in [-0.3, -0.25) is 9.10 Å². The molecule has 0 fully saturated rings. The molecule has 3 aromatic rings. The molecule has 1 aliphatic heterocycles. The average Bonchev–Trinajstić information content (AvgIpc) is 2.86. The van der Waals surface area contributed by atoms with E-state index in [1.54, 1.807) is 42.5 Å².